The minimum absolute atomic E-state index is 2.00. The topological polar surface area (TPSA) is 0 Å². The summed E-state index contributed by atoms with van der Waals surface area (Å²) < 4.78 is 0. The summed E-state index contributed by atoms with van der Waals surface area (Å²) in [5.41, 5.74) is 0. The van der Waals surface area contributed by atoms with Crippen molar-refractivity contribution < 1.29 is 0 Å². The fourth-order valence-electron chi connectivity index (χ4n) is 0.385. The first-order valence-electron chi connectivity index (χ1n) is 2.00. The Morgan fingerprint density at radius 1 is 1.00 bits per heavy atom. The van der Waals surface area contributed by atoms with E-state index >= 15 is 0 Å². The second-order valence-corrected chi connectivity index (χ2v) is 1.15. The van der Waals surface area contributed by atoms with Gasteiger partial charge in [0.1, 0.15) is 0 Å². The van der Waals surface area contributed by atoms with Gasteiger partial charge in [0.25, 0.3) is 0 Å². The van der Waals surface area contributed by atoms with E-state index in [1.165, 1.54) is 0 Å². The average molecular weight is 71.5 g/mol. The third-order valence-electron chi connectivity index (χ3n) is 0.667. The number of hydrogen-bond acceptors (Lipinski definition) is 0. The van der Waals surface area contributed by atoms with Gasteiger partial charge in [-0.25, -0.2) is 0 Å². The molecule has 0 unspecified atom stereocenters. The van der Waals surface area contributed by atoms with Crippen LogP contribution in [0, 0.1) is 0 Å². The van der Waals surface area contributed by atoms with Gasteiger partial charge in [-0.2, -0.15) is 0 Å². The summed E-state index contributed by atoms with van der Waals surface area (Å²) in [5.74, 6) is 4.00. The van der Waals surface area contributed by atoms with Gasteiger partial charge in [-0.1, -0.05) is 0 Å². The van der Waals surface area contributed by atoms with E-state index in [0.29, 0.717) is 0 Å². The molecule has 0 nitrogen and oxygen atoms in total. The first-order valence-corrected chi connectivity index (χ1v) is 2.00. The van der Waals surface area contributed by atoms with Crippen LogP contribution in [0.25, 0.3) is 0 Å². The van der Waals surface area contributed by atoms with Crippen molar-refractivity contribution in [2.45, 2.75) is 0 Å². The summed E-state index contributed by atoms with van der Waals surface area (Å²) in [6, 6.07) is 2.00. The molecule has 0 N–H and O–H groups in total. The van der Waals surface area contributed by atoms with Crippen molar-refractivity contribution in [2.24, 2.45) is 0 Å². The van der Waals surface area contributed by atoms with E-state index < -0.39 is 0 Å². The fraction of sp³-hybridized carbons (Fsp3) is 0. The molecule has 0 amide bonds. The molecule has 1 aromatic heterocycles. The van der Waals surface area contributed by atoms with Crippen LogP contribution in [-0.2, 0) is 0 Å². The van der Waals surface area contributed by atoms with Crippen LogP contribution < -0.4 is 0 Å². The van der Waals surface area contributed by atoms with Crippen LogP contribution in [0.15, 0.2) is 18.0 Å². The molecule has 0 saturated heterocycles. The molecule has 1 rings (SSSR count). The molecule has 1 heterocycles. The van der Waals surface area contributed by atoms with Gasteiger partial charge in [0.15, 0.2) is 0 Å². The summed E-state index contributed by atoms with van der Waals surface area (Å²) in [6.07, 6.45) is 0. The summed E-state index contributed by atoms with van der Waals surface area (Å²) in [5, 5.41) is 0. The standard InChI is InChI=1S/C3H3B3/c1-2-4-6-5-3-1/h1-3H. The number of rotatable bonds is 0. The quantitative estimate of drug-likeness (QED) is 0.394. The van der Waals surface area contributed by atoms with E-state index in [9.17, 15) is 0 Å². The molecule has 0 aliphatic carbocycles. The maximum atomic E-state index is 2.00. The van der Waals surface area contributed by atoms with Gasteiger partial charge >= 0.3 is 38.3 Å². The van der Waals surface area contributed by atoms with E-state index in [-0.39, 0.29) is 0 Å². The Labute approximate surface area is 39.2 Å². The van der Waals surface area contributed by atoms with Gasteiger partial charge in [-0.3, -0.25) is 0 Å². The molecule has 0 aliphatic rings. The van der Waals surface area contributed by atoms with Gasteiger partial charge in [0.2, 0.25) is 0 Å². The van der Waals surface area contributed by atoms with Crippen LogP contribution in [0.3, 0.4) is 0 Å². The second-order valence-electron chi connectivity index (χ2n) is 1.15. The van der Waals surface area contributed by atoms with E-state index in [1.807, 2.05) is 38.3 Å². The zero-order chi connectivity index (χ0) is 4.24. The molecule has 0 atom stereocenters. The molecule has 0 aromatic carbocycles. The zero-order valence-electron chi connectivity index (χ0n) is 3.46. The van der Waals surface area contributed by atoms with Crippen LogP contribution in [0.1, 0.15) is 0 Å². The Morgan fingerprint density at radius 3 is 1.83 bits per heavy atom. The summed E-state index contributed by atoms with van der Waals surface area (Å²) >= 11 is 0. The molecule has 1 aromatic rings. The molecular weight excluding hydrogens is 68.5 g/mol. The molecular formula is C3H3B3. The van der Waals surface area contributed by atoms with Gasteiger partial charge in [-0.15, -0.1) is 0 Å². The molecule has 24 valence electrons. The first-order chi connectivity index (χ1) is 3.00. The number of hydrogen-bond donors (Lipinski definition) is 0. The Bertz CT molecular complexity index is 78.0. The summed E-state index contributed by atoms with van der Waals surface area (Å²) in [6.45, 7) is 6.00. The van der Waals surface area contributed by atoms with Crippen molar-refractivity contribution in [3.05, 3.63) is 18.0 Å². The van der Waals surface area contributed by atoms with Gasteiger partial charge in [-0.05, 0) is 0 Å². The molecule has 0 radical (unpaired) electrons. The van der Waals surface area contributed by atoms with Crippen molar-refractivity contribution in [1.82, 2.24) is 0 Å². The van der Waals surface area contributed by atoms with Crippen molar-refractivity contribution in [3.8, 4) is 0 Å². The first kappa shape index (κ1) is 3.98. The normalized spacial score (nSPS) is 6.00. The molecule has 0 aliphatic heterocycles. The predicted molar refractivity (Wildman–Crippen MR) is 30.5 cm³/mol. The second kappa shape index (κ2) is 2.06. The SMILES string of the molecule is b1bcccb1. The van der Waals surface area contributed by atoms with Gasteiger partial charge in [0.05, 0.1) is 0 Å². The van der Waals surface area contributed by atoms with Crippen molar-refractivity contribution >= 4 is 20.3 Å². The Morgan fingerprint density at radius 2 is 1.67 bits per heavy atom. The van der Waals surface area contributed by atoms with E-state index in [0.717, 1.165) is 0 Å². The van der Waals surface area contributed by atoms with Crippen molar-refractivity contribution in [2.75, 3.05) is 0 Å². The summed E-state index contributed by atoms with van der Waals surface area (Å²) in [4.78, 5) is 0. The summed E-state index contributed by atoms with van der Waals surface area (Å²) in [7, 11) is 0. The molecule has 0 saturated carbocycles. The molecule has 0 fully saturated rings. The minimum atomic E-state index is 2.00. The van der Waals surface area contributed by atoms with E-state index in [4.69, 9.17) is 0 Å². The van der Waals surface area contributed by atoms with Crippen LogP contribution in [0.5, 0.6) is 0 Å². The Kier molecular flexibility index (Phi) is 1.37. The molecule has 0 spiro atoms. The van der Waals surface area contributed by atoms with Crippen molar-refractivity contribution in [3.63, 3.8) is 0 Å². The molecule has 3 heteroatoms. The maximum absolute atomic E-state index is 2.00. The van der Waals surface area contributed by atoms with Crippen molar-refractivity contribution in [1.29, 1.82) is 0 Å². The van der Waals surface area contributed by atoms with Crippen LogP contribution in [-0.4, -0.2) is 20.3 Å². The fourth-order valence-corrected chi connectivity index (χ4v) is 0.385. The third kappa shape index (κ3) is 0.888. The van der Waals surface area contributed by atoms with E-state index in [2.05, 4.69) is 0 Å². The van der Waals surface area contributed by atoms with Crippen LogP contribution >= 0.6 is 0 Å². The third-order valence-corrected chi connectivity index (χ3v) is 0.667. The Hall–Kier alpha value is -0.195. The Balaban J connectivity index is 3.00. The monoisotopic (exact) mass is 72.1 g/mol. The van der Waals surface area contributed by atoms with Gasteiger partial charge < -0.3 is 0 Å². The zero-order valence-corrected chi connectivity index (χ0v) is 3.46. The van der Waals surface area contributed by atoms with E-state index in [1.54, 1.807) is 0 Å². The molecule has 0 bridgehead atoms. The average Bonchev–Trinajstić information content (AvgIpc) is 1.72. The van der Waals surface area contributed by atoms with Crippen LogP contribution in [0.4, 0.5) is 0 Å². The van der Waals surface area contributed by atoms with Crippen LogP contribution in [0.2, 0.25) is 0 Å². The molecule has 6 heavy (non-hydrogen) atoms. The van der Waals surface area contributed by atoms with Gasteiger partial charge in [0, 0.05) is 0 Å². The predicted octanol–water partition coefficient (Wildman–Crippen LogP) is -0.299.